The van der Waals surface area contributed by atoms with Crippen LogP contribution in [0.5, 0.6) is 0 Å². The molecule has 2 aliphatic carbocycles. The number of nitrogens with two attached hydrogens (primary N) is 1. The topological polar surface area (TPSA) is 76.3 Å². The summed E-state index contributed by atoms with van der Waals surface area (Å²) in [6.07, 6.45) is 13.3. The fourth-order valence-electron chi connectivity index (χ4n) is 3.78. The van der Waals surface area contributed by atoms with Crippen molar-refractivity contribution in [2.24, 2.45) is 0 Å². The second-order valence-corrected chi connectivity index (χ2v) is 6.43. The van der Waals surface area contributed by atoms with E-state index in [1.807, 2.05) is 18.2 Å². The van der Waals surface area contributed by atoms with Gasteiger partial charge in [-0.25, -0.2) is 0 Å². The molecule has 1 aromatic heterocycles. The Morgan fingerprint density at radius 2 is 2.08 bits per heavy atom. The van der Waals surface area contributed by atoms with E-state index >= 15 is 0 Å². The monoisotopic (exact) mass is 321 g/mol. The summed E-state index contributed by atoms with van der Waals surface area (Å²) in [5.41, 5.74) is 9.95. The van der Waals surface area contributed by atoms with E-state index in [-0.39, 0.29) is 17.9 Å². The molecule has 0 aromatic carbocycles. The quantitative estimate of drug-likeness (QED) is 0.850. The number of carbonyl (C=O) groups excluding carboxylic acids is 2. The molecule has 0 saturated heterocycles. The summed E-state index contributed by atoms with van der Waals surface area (Å²) in [5, 5.41) is 0. The summed E-state index contributed by atoms with van der Waals surface area (Å²) in [6, 6.07) is 1.70. The molecule has 3 aliphatic rings. The average molecular weight is 321 g/mol. The van der Waals surface area contributed by atoms with Crippen LogP contribution in [0.1, 0.15) is 37.7 Å². The van der Waals surface area contributed by atoms with Crippen molar-refractivity contribution < 1.29 is 9.59 Å². The van der Waals surface area contributed by atoms with Gasteiger partial charge in [0, 0.05) is 22.9 Å². The molecule has 0 saturated carbocycles. The van der Waals surface area contributed by atoms with Crippen LogP contribution in [-0.4, -0.2) is 27.7 Å². The molecule has 1 aliphatic heterocycles. The van der Waals surface area contributed by atoms with Gasteiger partial charge in [0.1, 0.15) is 0 Å². The van der Waals surface area contributed by atoms with Crippen molar-refractivity contribution in [3.63, 3.8) is 0 Å². The number of hydrogen-bond acceptors (Lipinski definition) is 4. The van der Waals surface area contributed by atoms with E-state index in [0.717, 1.165) is 36.8 Å². The van der Waals surface area contributed by atoms with Gasteiger partial charge in [0.25, 0.3) is 11.8 Å². The maximum absolute atomic E-state index is 12.7. The molecule has 5 heteroatoms. The lowest BCUT2D eigenvalue weighted by atomic mass is 9.90. The van der Waals surface area contributed by atoms with E-state index in [9.17, 15) is 9.59 Å². The highest BCUT2D eigenvalue weighted by Crippen LogP contribution is 2.36. The van der Waals surface area contributed by atoms with Crippen molar-refractivity contribution >= 4 is 23.1 Å². The van der Waals surface area contributed by atoms with Crippen LogP contribution < -0.4 is 5.73 Å². The van der Waals surface area contributed by atoms with E-state index in [1.54, 1.807) is 18.5 Å². The molecule has 122 valence electrons. The lowest BCUT2D eigenvalue weighted by Crippen LogP contribution is -2.41. The van der Waals surface area contributed by atoms with Gasteiger partial charge in [-0.2, -0.15) is 0 Å². The number of hydrogen-bond donors (Lipinski definition) is 1. The summed E-state index contributed by atoms with van der Waals surface area (Å²) in [6.45, 7) is 0. The molecule has 24 heavy (non-hydrogen) atoms. The summed E-state index contributed by atoms with van der Waals surface area (Å²) in [7, 11) is 0. The highest BCUT2D eigenvalue weighted by molar-refractivity contribution is 6.21. The van der Waals surface area contributed by atoms with Crippen molar-refractivity contribution in [2.75, 3.05) is 5.73 Å². The van der Waals surface area contributed by atoms with Crippen LogP contribution in [0.25, 0.3) is 5.57 Å². The average Bonchev–Trinajstić information content (AvgIpc) is 2.87. The van der Waals surface area contributed by atoms with E-state index < -0.39 is 0 Å². The number of carbonyl (C=O) groups is 2. The molecular weight excluding hydrogens is 302 g/mol. The fourth-order valence-corrected chi connectivity index (χ4v) is 3.78. The summed E-state index contributed by atoms with van der Waals surface area (Å²) in [5.74, 6) is -0.277. The highest BCUT2D eigenvalue weighted by Gasteiger charge is 2.41. The predicted octanol–water partition coefficient (Wildman–Crippen LogP) is 2.62. The number of anilines is 1. The molecule has 0 radical (unpaired) electrons. The molecule has 2 heterocycles. The molecule has 1 aromatic rings. The molecule has 0 spiro atoms. The van der Waals surface area contributed by atoms with Crippen LogP contribution in [0.4, 0.5) is 5.69 Å². The third kappa shape index (κ3) is 2.28. The van der Waals surface area contributed by atoms with Gasteiger partial charge in [0.15, 0.2) is 0 Å². The summed E-state index contributed by atoms with van der Waals surface area (Å²) < 4.78 is 0. The lowest BCUT2D eigenvalue weighted by Gasteiger charge is -2.29. The van der Waals surface area contributed by atoms with Crippen molar-refractivity contribution in [2.45, 2.75) is 38.1 Å². The van der Waals surface area contributed by atoms with Crippen molar-refractivity contribution in [3.05, 3.63) is 53.4 Å². The molecule has 0 bridgehead atoms. The van der Waals surface area contributed by atoms with Gasteiger partial charge in [-0.3, -0.25) is 19.5 Å². The molecule has 1 unspecified atom stereocenters. The summed E-state index contributed by atoms with van der Waals surface area (Å²) in [4.78, 5) is 30.9. The third-order valence-electron chi connectivity index (χ3n) is 4.97. The number of allylic oxidation sites excluding steroid dienone is 2. The molecular formula is C19H19N3O2. The van der Waals surface area contributed by atoms with E-state index in [0.29, 0.717) is 23.3 Å². The Kier molecular flexibility index (Phi) is 3.56. The second-order valence-electron chi connectivity index (χ2n) is 6.43. The number of imide groups is 1. The van der Waals surface area contributed by atoms with E-state index in [2.05, 4.69) is 4.98 Å². The zero-order valence-corrected chi connectivity index (χ0v) is 13.4. The minimum absolute atomic E-state index is 0.121. The molecule has 5 nitrogen and oxygen atoms in total. The zero-order chi connectivity index (χ0) is 16.7. The minimum atomic E-state index is -0.194. The number of aromatic nitrogens is 1. The Hall–Kier alpha value is -2.69. The first-order chi connectivity index (χ1) is 11.7. The lowest BCUT2D eigenvalue weighted by molar-refractivity contribution is -0.139. The van der Waals surface area contributed by atoms with Crippen molar-refractivity contribution in [1.29, 1.82) is 0 Å². The van der Waals surface area contributed by atoms with Crippen LogP contribution in [0.3, 0.4) is 0 Å². The second kappa shape index (κ2) is 5.74. The standard InChI is InChI=1S/C19H19N3O2/c20-17-11-21-9-8-14(17)12-4-3-5-13(10-12)22-18(23)15-6-1-2-7-16(15)19(22)24/h1,6,8-11,13H,2-5,7,20H2. The molecule has 2 N–H and O–H groups in total. The van der Waals surface area contributed by atoms with Crippen molar-refractivity contribution in [3.8, 4) is 0 Å². The van der Waals surface area contributed by atoms with E-state index in [4.69, 9.17) is 5.73 Å². The highest BCUT2D eigenvalue weighted by atomic mass is 16.2. The first kappa shape index (κ1) is 14.9. The number of nitrogens with zero attached hydrogens (tertiary/aromatic N) is 2. The first-order valence-corrected chi connectivity index (χ1v) is 8.35. The number of rotatable bonds is 2. The van der Waals surface area contributed by atoms with Crippen LogP contribution in [0, 0.1) is 0 Å². The maximum Gasteiger partial charge on any atom is 0.261 e. The molecule has 2 amide bonds. The number of pyridine rings is 1. The van der Waals surface area contributed by atoms with Gasteiger partial charge in [-0.05, 0) is 43.7 Å². The van der Waals surface area contributed by atoms with Gasteiger partial charge in [0.05, 0.1) is 17.9 Å². The zero-order valence-electron chi connectivity index (χ0n) is 13.4. The van der Waals surface area contributed by atoms with Crippen LogP contribution >= 0.6 is 0 Å². The molecule has 1 atom stereocenters. The Balaban J connectivity index is 1.67. The Morgan fingerprint density at radius 3 is 2.88 bits per heavy atom. The third-order valence-corrected chi connectivity index (χ3v) is 4.97. The molecule has 4 rings (SSSR count). The predicted molar refractivity (Wildman–Crippen MR) is 91.5 cm³/mol. The summed E-state index contributed by atoms with van der Waals surface area (Å²) >= 11 is 0. The molecule has 0 fully saturated rings. The Bertz CT molecular complexity index is 820. The van der Waals surface area contributed by atoms with Crippen LogP contribution in [0.2, 0.25) is 0 Å². The number of amides is 2. The van der Waals surface area contributed by atoms with Gasteiger partial charge in [-0.15, -0.1) is 0 Å². The Morgan fingerprint density at radius 1 is 1.21 bits per heavy atom. The number of nitrogen functional groups attached to an aromatic ring is 1. The van der Waals surface area contributed by atoms with Gasteiger partial charge >= 0.3 is 0 Å². The SMILES string of the molecule is Nc1cnccc1C1=CC(N2C(=O)C3=C(CCC=C3)C2=O)CCC1. The van der Waals surface area contributed by atoms with E-state index in [1.165, 1.54) is 4.90 Å². The van der Waals surface area contributed by atoms with Gasteiger partial charge in [0.2, 0.25) is 0 Å². The fraction of sp³-hybridized carbons (Fsp3) is 0.316. The van der Waals surface area contributed by atoms with Gasteiger partial charge < -0.3 is 5.73 Å². The smallest absolute Gasteiger partial charge is 0.261 e. The van der Waals surface area contributed by atoms with Crippen molar-refractivity contribution in [1.82, 2.24) is 9.88 Å². The first-order valence-electron chi connectivity index (χ1n) is 8.35. The Labute approximate surface area is 140 Å². The van der Waals surface area contributed by atoms with Gasteiger partial charge in [-0.1, -0.05) is 18.2 Å². The maximum atomic E-state index is 12.7. The van der Waals surface area contributed by atoms with Crippen LogP contribution in [-0.2, 0) is 9.59 Å². The largest absolute Gasteiger partial charge is 0.397 e. The van der Waals surface area contributed by atoms with Crippen LogP contribution in [0.15, 0.2) is 47.8 Å². The minimum Gasteiger partial charge on any atom is -0.397 e. The normalized spacial score (nSPS) is 23.6.